The first kappa shape index (κ1) is 19.8. The number of rotatable bonds is 5. The first-order valence-electron chi connectivity index (χ1n) is 7.32. The van der Waals surface area contributed by atoms with Gasteiger partial charge in [0.1, 0.15) is 5.75 Å². The fourth-order valence-electron chi connectivity index (χ4n) is 2.02. The highest BCUT2D eigenvalue weighted by Crippen LogP contribution is 2.29. The second kappa shape index (κ2) is 9.77. The van der Waals surface area contributed by atoms with E-state index in [4.69, 9.17) is 4.74 Å². The Kier molecular flexibility index (Phi) is 8.40. The van der Waals surface area contributed by atoms with Crippen molar-refractivity contribution in [2.75, 3.05) is 14.2 Å². The summed E-state index contributed by atoms with van der Waals surface area (Å²) in [6.07, 6.45) is 0. The molecular formula is C17H24IN3OS. The maximum Gasteiger partial charge on any atom is 0.191 e. The minimum atomic E-state index is 0. The number of benzene rings is 1. The molecule has 0 fully saturated rings. The van der Waals surface area contributed by atoms with Gasteiger partial charge in [0.25, 0.3) is 0 Å². The Balaban J connectivity index is 0.00000264. The number of hydrogen-bond acceptors (Lipinski definition) is 3. The summed E-state index contributed by atoms with van der Waals surface area (Å²) in [6.45, 7) is 4.97. The third-order valence-corrected chi connectivity index (χ3v) is 4.25. The zero-order valence-electron chi connectivity index (χ0n) is 13.9. The normalized spacial score (nSPS) is 11.1. The predicted octanol–water partition coefficient (Wildman–Crippen LogP) is 4.12. The molecule has 0 bridgehead atoms. The highest BCUT2D eigenvalue weighted by molar-refractivity contribution is 14.0. The van der Waals surface area contributed by atoms with Crippen LogP contribution in [-0.2, 0) is 6.54 Å². The molecule has 1 aromatic carbocycles. The highest BCUT2D eigenvalue weighted by Gasteiger charge is 2.05. The Bertz CT molecular complexity index is 623. The van der Waals surface area contributed by atoms with Crippen molar-refractivity contribution in [1.82, 2.24) is 10.6 Å². The first-order chi connectivity index (χ1) is 10.6. The molecule has 4 nitrogen and oxygen atoms in total. The second-order valence-corrected chi connectivity index (χ2v) is 6.39. The van der Waals surface area contributed by atoms with Gasteiger partial charge in [-0.05, 0) is 55.8 Å². The standard InChI is InChI=1S/C17H23N3OS.HI/c1-12(2)20-17(18-3)19-11-15-9-10-16(22-15)13-5-7-14(21-4)8-6-13;/h5-10,12H,11H2,1-4H3,(H2,18,19,20);1H. The Labute approximate surface area is 159 Å². The summed E-state index contributed by atoms with van der Waals surface area (Å²) < 4.78 is 5.19. The summed E-state index contributed by atoms with van der Waals surface area (Å²) in [4.78, 5) is 6.74. The van der Waals surface area contributed by atoms with Crippen LogP contribution in [0, 0.1) is 0 Å². The van der Waals surface area contributed by atoms with E-state index in [9.17, 15) is 0 Å². The molecule has 2 aromatic rings. The number of thiophene rings is 1. The zero-order valence-corrected chi connectivity index (χ0v) is 17.1. The number of guanidine groups is 1. The predicted molar refractivity (Wildman–Crippen MR) is 110 cm³/mol. The monoisotopic (exact) mass is 445 g/mol. The molecule has 0 aliphatic carbocycles. The van der Waals surface area contributed by atoms with E-state index in [0.717, 1.165) is 18.3 Å². The molecule has 2 rings (SSSR count). The molecule has 0 aliphatic heterocycles. The molecule has 0 radical (unpaired) electrons. The molecule has 126 valence electrons. The van der Waals surface area contributed by atoms with Crippen LogP contribution in [-0.4, -0.2) is 26.2 Å². The van der Waals surface area contributed by atoms with Crippen molar-refractivity contribution >= 4 is 41.3 Å². The van der Waals surface area contributed by atoms with Crippen molar-refractivity contribution in [3.63, 3.8) is 0 Å². The van der Waals surface area contributed by atoms with Gasteiger partial charge in [0.2, 0.25) is 0 Å². The molecule has 0 spiro atoms. The fourth-order valence-corrected chi connectivity index (χ4v) is 2.98. The van der Waals surface area contributed by atoms with Crippen LogP contribution >= 0.6 is 35.3 Å². The largest absolute Gasteiger partial charge is 0.497 e. The van der Waals surface area contributed by atoms with Gasteiger partial charge >= 0.3 is 0 Å². The van der Waals surface area contributed by atoms with E-state index < -0.39 is 0 Å². The number of nitrogens with one attached hydrogen (secondary N) is 2. The van der Waals surface area contributed by atoms with Crippen LogP contribution in [0.15, 0.2) is 41.4 Å². The van der Waals surface area contributed by atoms with Crippen LogP contribution in [0.4, 0.5) is 0 Å². The van der Waals surface area contributed by atoms with Crippen molar-refractivity contribution in [3.8, 4) is 16.2 Å². The molecule has 6 heteroatoms. The second-order valence-electron chi connectivity index (χ2n) is 5.22. The van der Waals surface area contributed by atoms with Crippen LogP contribution in [0.3, 0.4) is 0 Å². The summed E-state index contributed by atoms with van der Waals surface area (Å²) in [5.41, 5.74) is 1.21. The van der Waals surface area contributed by atoms with Crippen LogP contribution in [0.2, 0.25) is 0 Å². The van der Waals surface area contributed by atoms with Gasteiger partial charge in [0.15, 0.2) is 5.96 Å². The Hall–Kier alpha value is -1.28. The third-order valence-electron chi connectivity index (χ3n) is 3.12. The molecule has 0 saturated heterocycles. The molecule has 23 heavy (non-hydrogen) atoms. The molecule has 0 atom stereocenters. The van der Waals surface area contributed by atoms with E-state index in [2.05, 4.69) is 53.7 Å². The van der Waals surface area contributed by atoms with Gasteiger partial charge in [-0.25, -0.2) is 0 Å². The molecule has 0 amide bonds. The number of halogens is 1. The summed E-state index contributed by atoms with van der Waals surface area (Å²) in [5, 5.41) is 6.61. The van der Waals surface area contributed by atoms with Crippen LogP contribution in [0.25, 0.3) is 10.4 Å². The van der Waals surface area contributed by atoms with E-state index in [1.54, 1.807) is 25.5 Å². The lowest BCUT2D eigenvalue weighted by Crippen LogP contribution is -2.40. The quantitative estimate of drug-likeness (QED) is 0.414. The van der Waals surface area contributed by atoms with E-state index in [1.807, 2.05) is 12.1 Å². The van der Waals surface area contributed by atoms with E-state index in [-0.39, 0.29) is 24.0 Å². The topological polar surface area (TPSA) is 45.7 Å². The van der Waals surface area contributed by atoms with Crippen molar-refractivity contribution < 1.29 is 4.74 Å². The summed E-state index contributed by atoms with van der Waals surface area (Å²) in [7, 11) is 3.47. The van der Waals surface area contributed by atoms with Gasteiger partial charge in [0.05, 0.1) is 13.7 Å². The van der Waals surface area contributed by atoms with Crippen molar-refractivity contribution in [2.24, 2.45) is 4.99 Å². The average Bonchev–Trinajstić information content (AvgIpc) is 3.00. The molecule has 1 aromatic heterocycles. The van der Waals surface area contributed by atoms with Gasteiger partial charge in [-0.3, -0.25) is 4.99 Å². The van der Waals surface area contributed by atoms with E-state index >= 15 is 0 Å². The summed E-state index contributed by atoms with van der Waals surface area (Å²) in [6, 6.07) is 12.8. The Morgan fingerprint density at radius 2 is 1.87 bits per heavy atom. The van der Waals surface area contributed by atoms with E-state index in [0.29, 0.717) is 6.04 Å². The molecule has 2 N–H and O–H groups in total. The minimum Gasteiger partial charge on any atom is -0.497 e. The molecule has 0 aliphatic rings. The molecular weight excluding hydrogens is 421 g/mol. The lowest BCUT2D eigenvalue weighted by Gasteiger charge is -2.13. The van der Waals surface area contributed by atoms with Gasteiger partial charge in [-0.1, -0.05) is 0 Å². The van der Waals surface area contributed by atoms with Crippen LogP contribution < -0.4 is 15.4 Å². The van der Waals surface area contributed by atoms with Gasteiger partial charge < -0.3 is 15.4 Å². The van der Waals surface area contributed by atoms with Gasteiger partial charge in [0, 0.05) is 22.8 Å². The van der Waals surface area contributed by atoms with Crippen LogP contribution in [0.1, 0.15) is 18.7 Å². The average molecular weight is 445 g/mol. The maximum atomic E-state index is 5.19. The number of hydrogen-bond donors (Lipinski definition) is 2. The summed E-state index contributed by atoms with van der Waals surface area (Å²) >= 11 is 1.78. The van der Waals surface area contributed by atoms with Crippen molar-refractivity contribution in [1.29, 1.82) is 0 Å². The fraction of sp³-hybridized carbons (Fsp3) is 0.353. The van der Waals surface area contributed by atoms with Crippen molar-refractivity contribution in [2.45, 2.75) is 26.4 Å². The molecule has 1 heterocycles. The first-order valence-corrected chi connectivity index (χ1v) is 8.14. The van der Waals surface area contributed by atoms with Gasteiger partial charge in [-0.2, -0.15) is 0 Å². The van der Waals surface area contributed by atoms with E-state index in [1.165, 1.54) is 15.3 Å². The van der Waals surface area contributed by atoms with Crippen LogP contribution in [0.5, 0.6) is 5.75 Å². The molecule has 0 saturated carbocycles. The molecule has 0 unspecified atom stereocenters. The third kappa shape index (κ3) is 6.02. The van der Waals surface area contributed by atoms with Crippen molar-refractivity contribution in [3.05, 3.63) is 41.3 Å². The maximum absolute atomic E-state index is 5.19. The smallest absolute Gasteiger partial charge is 0.191 e. The summed E-state index contributed by atoms with van der Waals surface area (Å²) in [5.74, 6) is 1.71. The Morgan fingerprint density at radius 3 is 2.43 bits per heavy atom. The number of ether oxygens (including phenoxy) is 1. The minimum absolute atomic E-state index is 0. The Morgan fingerprint density at radius 1 is 1.17 bits per heavy atom. The number of aliphatic imine (C=N–C) groups is 1. The van der Waals surface area contributed by atoms with Gasteiger partial charge in [-0.15, -0.1) is 35.3 Å². The number of methoxy groups -OCH3 is 1. The lowest BCUT2D eigenvalue weighted by molar-refractivity contribution is 0.415. The highest BCUT2D eigenvalue weighted by atomic mass is 127. The number of nitrogens with zero attached hydrogens (tertiary/aromatic N) is 1. The lowest BCUT2D eigenvalue weighted by atomic mass is 10.2. The SMILES string of the molecule is CN=C(NCc1ccc(-c2ccc(OC)cc2)s1)NC(C)C.I. The zero-order chi connectivity index (χ0) is 15.9.